The molecule has 0 unspecified atom stereocenters. The molecule has 1 fully saturated rings. The van der Waals surface area contributed by atoms with E-state index in [0.29, 0.717) is 0 Å². The molecule has 3 heteroatoms. The van der Waals surface area contributed by atoms with E-state index in [4.69, 9.17) is 0 Å². The zero-order valence-corrected chi connectivity index (χ0v) is 8.12. The summed E-state index contributed by atoms with van der Waals surface area (Å²) in [7, 11) is 0. The minimum atomic E-state index is 1.01. The minimum absolute atomic E-state index is 1.01. The Bertz CT molecular complexity index is 303. The van der Waals surface area contributed by atoms with Crippen LogP contribution in [0.3, 0.4) is 0 Å². The van der Waals surface area contributed by atoms with E-state index in [9.17, 15) is 0 Å². The van der Waals surface area contributed by atoms with Crippen LogP contribution in [0.2, 0.25) is 0 Å². The molecular weight excluding hydrogens is 162 g/mol. The molecule has 69 valence electrons. The largest absolute Gasteiger partial charge is 0.355 e. The molecule has 0 atom stereocenters. The van der Waals surface area contributed by atoms with Crippen molar-refractivity contribution in [2.75, 3.05) is 18.0 Å². The number of nitrogens with zero attached hydrogens (tertiary/aromatic N) is 3. The highest BCUT2D eigenvalue weighted by molar-refractivity contribution is 5.39. The molecule has 1 radical (unpaired) electrons. The van der Waals surface area contributed by atoms with Gasteiger partial charge in [0.15, 0.2) is 0 Å². The molecule has 0 bridgehead atoms. The van der Waals surface area contributed by atoms with Crippen molar-refractivity contribution in [2.45, 2.75) is 20.3 Å². The first-order valence-corrected chi connectivity index (χ1v) is 4.64. The Kier molecular flexibility index (Phi) is 2.17. The Balaban J connectivity index is 2.25. The van der Waals surface area contributed by atoms with E-state index >= 15 is 0 Å². The van der Waals surface area contributed by atoms with Crippen molar-refractivity contribution in [1.29, 1.82) is 0 Å². The van der Waals surface area contributed by atoms with Gasteiger partial charge in [0.1, 0.15) is 5.82 Å². The van der Waals surface area contributed by atoms with E-state index in [1.807, 2.05) is 20.0 Å². The van der Waals surface area contributed by atoms with Crippen LogP contribution in [-0.4, -0.2) is 23.1 Å². The molecule has 1 aromatic rings. The molecule has 0 saturated carbocycles. The summed E-state index contributed by atoms with van der Waals surface area (Å²) >= 11 is 0. The zero-order valence-electron chi connectivity index (χ0n) is 8.12. The van der Waals surface area contributed by atoms with Crippen molar-refractivity contribution in [2.24, 2.45) is 0 Å². The van der Waals surface area contributed by atoms with Crippen molar-refractivity contribution in [3.05, 3.63) is 24.0 Å². The van der Waals surface area contributed by atoms with Gasteiger partial charge in [-0.25, -0.2) is 4.98 Å². The summed E-state index contributed by atoms with van der Waals surface area (Å²) in [6.45, 7) is 6.09. The van der Waals surface area contributed by atoms with E-state index in [2.05, 4.69) is 21.3 Å². The van der Waals surface area contributed by atoms with E-state index in [1.165, 1.54) is 0 Å². The molecule has 0 aromatic carbocycles. The standard InChI is InChI=1S/C10H14N3/c1-8-9(2)12-10(7-11-8)13-5-3-4-6-13/h3,7H,4-6H2,1-2H3. The van der Waals surface area contributed by atoms with Crippen LogP contribution in [0.1, 0.15) is 17.8 Å². The van der Waals surface area contributed by atoms with Gasteiger partial charge in [0.05, 0.1) is 17.6 Å². The molecule has 1 aromatic heterocycles. The first-order chi connectivity index (χ1) is 6.27. The van der Waals surface area contributed by atoms with Gasteiger partial charge in [-0.2, -0.15) is 0 Å². The van der Waals surface area contributed by atoms with E-state index in [1.54, 1.807) is 0 Å². The number of rotatable bonds is 1. The minimum Gasteiger partial charge on any atom is -0.355 e. The third-order valence-corrected chi connectivity index (χ3v) is 2.46. The maximum atomic E-state index is 4.50. The van der Waals surface area contributed by atoms with E-state index < -0.39 is 0 Å². The maximum absolute atomic E-state index is 4.50. The Labute approximate surface area is 78.8 Å². The Morgan fingerprint density at radius 3 is 2.77 bits per heavy atom. The topological polar surface area (TPSA) is 29.0 Å². The second-order valence-electron chi connectivity index (χ2n) is 3.42. The zero-order chi connectivity index (χ0) is 9.26. The molecule has 0 amide bonds. The fourth-order valence-electron chi connectivity index (χ4n) is 1.48. The quantitative estimate of drug-likeness (QED) is 0.649. The molecule has 3 nitrogen and oxygen atoms in total. The van der Waals surface area contributed by atoms with Gasteiger partial charge in [0, 0.05) is 13.1 Å². The van der Waals surface area contributed by atoms with Crippen molar-refractivity contribution < 1.29 is 0 Å². The lowest BCUT2D eigenvalue weighted by molar-refractivity contribution is 0.907. The normalized spacial score (nSPS) is 16.6. The average Bonchev–Trinajstić information content (AvgIpc) is 2.62. The molecule has 1 aliphatic heterocycles. The summed E-state index contributed by atoms with van der Waals surface area (Å²) in [4.78, 5) is 11.1. The number of hydrogen-bond donors (Lipinski definition) is 0. The Morgan fingerprint density at radius 2 is 2.15 bits per heavy atom. The van der Waals surface area contributed by atoms with Crippen molar-refractivity contribution in [1.82, 2.24) is 9.97 Å². The van der Waals surface area contributed by atoms with Gasteiger partial charge in [-0.1, -0.05) is 0 Å². The predicted molar refractivity (Wildman–Crippen MR) is 52.6 cm³/mol. The smallest absolute Gasteiger partial charge is 0.147 e. The van der Waals surface area contributed by atoms with E-state index in [0.717, 1.165) is 36.7 Å². The lowest BCUT2D eigenvalue weighted by Gasteiger charge is -2.16. The van der Waals surface area contributed by atoms with Gasteiger partial charge >= 0.3 is 0 Å². The van der Waals surface area contributed by atoms with Gasteiger partial charge in [-0.3, -0.25) is 4.98 Å². The average molecular weight is 176 g/mol. The van der Waals surface area contributed by atoms with Gasteiger partial charge < -0.3 is 4.90 Å². The molecule has 1 aliphatic rings. The molecule has 0 spiro atoms. The van der Waals surface area contributed by atoms with Crippen LogP contribution in [0, 0.1) is 20.3 Å². The summed E-state index contributed by atoms with van der Waals surface area (Å²) in [5, 5.41) is 0. The number of hydrogen-bond acceptors (Lipinski definition) is 3. The second-order valence-corrected chi connectivity index (χ2v) is 3.42. The maximum Gasteiger partial charge on any atom is 0.147 e. The fraction of sp³-hybridized carbons (Fsp3) is 0.500. The highest BCUT2D eigenvalue weighted by atomic mass is 15.2. The van der Waals surface area contributed by atoms with Gasteiger partial charge in [-0.05, 0) is 26.7 Å². The first kappa shape index (κ1) is 8.48. The predicted octanol–water partition coefficient (Wildman–Crippen LogP) is 1.51. The molecule has 2 heterocycles. The van der Waals surface area contributed by atoms with Crippen molar-refractivity contribution in [3.8, 4) is 0 Å². The van der Waals surface area contributed by atoms with Crippen LogP contribution >= 0.6 is 0 Å². The molecule has 13 heavy (non-hydrogen) atoms. The van der Waals surface area contributed by atoms with Crippen LogP contribution in [0.5, 0.6) is 0 Å². The van der Waals surface area contributed by atoms with Crippen molar-refractivity contribution in [3.63, 3.8) is 0 Å². The highest BCUT2D eigenvalue weighted by Crippen LogP contribution is 2.16. The highest BCUT2D eigenvalue weighted by Gasteiger charge is 2.14. The molecular formula is C10H14N3. The molecule has 2 rings (SSSR count). The van der Waals surface area contributed by atoms with Crippen LogP contribution in [0.4, 0.5) is 5.82 Å². The summed E-state index contributed by atoms with van der Waals surface area (Å²) in [6.07, 6.45) is 5.30. The fourth-order valence-corrected chi connectivity index (χ4v) is 1.48. The van der Waals surface area contributed by atoms with Gasteiger partial charge in [0.2, 0.25) is 0 Å². The summed E-state index contributed by atoms with van der Waals surface area (Å²) in [5.41, 5.74) is 2.05. The summed E-state index contributed by atoms with van der Waals surface area (Å²) in [5.74, 6) is 1.01. The monoisotopic (exact) mass is 176 g/mol. The SMILES string of the molecule is Cc1ncc(N2C[CH]CC2)nc1C. The van der Waals surface area contributed by atoms with E-state index in [-0.39, 0.29) is 0 Å². The van der Waals surface area contributed by atoms with Crippen LogP contribution in [0.15, 0.2) is 6.20 Å². The Hall–Kier alpha value is -1.12. The Morgan fingerprint density at radius 1 is 1.31 bits per heavy atom. The third kappa shape index (κ3) is 1.64. The second kappa shape index (κ2) is 3.32. The number of aromatic nitrogens is 2. The van der Waals surface area contributed by atoms with Crippen molar-refractivity contribution >= 4 is 5.82 Å². The number of anilines is 1. The molecule has 0 N–H and O–H groups in total. The van der Waals surface area contributed by atoms with Crippen LogP contribution in [0.25, 0.3) is 0 Å². The summed E-state index contributed by atoms with van der Waals surface area (Å²) < 4.78 is 0. The van der Waals surface area contributed by atoms with Crippen LogP contribution < -0.4 is 4.90 Å². The lowest BCUT2D eigenvalue weighted by Crippen LogP contribution is -2.19. The van der Waals surface area contributed by atoms with Crippen LogP contribution in [-0.2, 0) is 0 Å². The van der Waals surface area contributed by atoms with Gasteiger partial charge in [0.25, 0.3) is 0 Å². The third-order valence-electron chi connectivity index (χ3n) is 2.46. The first-order valence-electron chi connectivity index (χ1n) is 4.64. The van der Waals surface area contributed by atoms with Gasteiger partial charge in [-0.15, -0.1) is 0 Å². The lowest BCUT2D eigenvalue weighted by atomic mass is 10.3. The molecule has 1 saturated heterocycles. The summed E-state index contributed by atoms with van der Waals surface area (Å²) in [6, 6.07) is 0. The number of aryl methyl sites for hydroxylation is 2. The molecule has 0 aliphatic carbocycles.